The number of likely N-dealkylation sites (N-methyl/N-ethyl adjacent to an activating group) is 6. The second-order valence-electron chi connectivity index (χ2n) is 29.6. The van der Waals surface area contributed by atoms with Crippen LogP contribution in [0.4, 0.5) is 35.1 Å². The molecule has 0 radical (unpaired) electrons. The van der Waals surface area contributed by atoms with Crippen LogP contribution in [0, 0.1) is 29.4 Å². The second kappa shape index (κ2) is 35.5. The van der Waals surface area contributed by atoms with Crippen LogP contribution in [0.2, 0.25) is 0 Å². The molecule has 107 heavy (non-hydrogen) atoms. The molecule has 3 aliphatic heterocycles. The molecule has 3 aliphatic carbocycles. The van der Waals surface area contributed by atoms with Gasteiger partial charge in [0.15, 0.2) is 0 Å². The first-order valence-corrected chi connectivity index (χ1v) is 36.6. The zero-order chi connectivity index (χ0) is 78.9. The summed E-state index contributed by atoms with van der Waals surface area (Å²) < 4.78 is 120. The predicted octanol–water partition coefficient (Wildman–Crippen LogP) is 5.15. The van der Waals surface area contributed by atoms with E-state index in [0.29, 0.717) is 50.7 Å². The lowest BCUT2D eigenvalue weighted by molar-refractivity contribution is -0.157. The standard InChI is InChI=1S/C74H100F8N12O13/c1-11-42(3)61-65(100)83-39-59(97)89(7)52-21-14-13-17-32-93(69(52)104)56(36-44-24-27-47(28-25-44)73(77,78)79)68(103)88(6)41-57(95)84-51(29-26-45-33-49(75)60(50(76)34-45)74(80,81)82)66(101)94-40-48(107-12-2)37-54(94)64(99)86-72(30-18-31-72)71(106)92(10)62(46-19-15-16-20-46)70(105)91(9)55(67(102)87(4)5)38-58(96)90(8)53(63(98)85-61)35-43-22-23-43/h13-14,24-25,27-28,33-34,42-43,46,48,51-56,61-62H,11-12,15-23,26,29-32,35-41H2,1-10H3,(H,83,100)(H,84,95)(H,85,98)(H,86,99)/b14-13-/t42-,48+,51-,52-,53-,54-,55-,56-,61-,62-/m0/s1. The fourth-order valence-corrected chi connectivity index (χ4v) is 15.0. The smallest absolute Gasteiger partial charge is 0.377 e. The summed E-state index contributed by atoms with van der Waals surface area (Å²) in [6, 6.07) is -7.22. The molecule has 25 nitrogen and oxygen atoms in total. The van der Waals surface area contributed by atoms with Gasteiger partial charge in [-0.05, 0) is 124 Å². The number of fused-ring (bicyclic) bond motifs is 3. The molecule has 1 spiro atoms. The molecule has 8 rings (SSSR count). The van der Waals surface area contributed by atoms with Crippen LogP contribution >= 0.6 is 0 Å². The van der Waals surface area contributed by atoms with Crippen molar-refractivity contribution in [1.82, 2.24) is 60.5 Å². The molecule has 3 heterocycles. The fraction of sp³-hybridized carbons (Fsp3) is 0.649. The molecule has 5 fully saturated rings. The SMILES string of the molecule is CCO[C@@H]1C[C@H]2C(=O)NC3(CCC3)C(=O)N(C)[C@@H](C3CCCC3)C(=O)N(C)[C@H](C(=O)N(C)C)CC(=O)N(C)[C@@H](CC3CC3)C(=O)N[C@@H]([C@@H](C)CC)C(=O)NCC(=O)N(C)[C@H]3C/C=C\CCN(C3=O)[C@@H](Cc3ccc(C(F)(F)F)cc3)C(=O)N(C)CC(=O)N[C@@H](CCc3cc(F)c(C(F)(F)F)c(F)c3)C(=O)N2C1. The van der Waals surface area contributed by atoms with Gasteiger partial charge in [0.25, 0.3) is 0 Å². The van der Waals surface area contributed by atoms with Crippen LogP contribution < -0.4 is 21.3 Å². The third kappa shape index (κ3) is 20.1. The van der Waals surface area contributed by atoms with Gasteiger partial charge in [-0.25, -0.2) is 8.78 Å². The number of alkyl halides is 6. The molecule has 33 heteroatoms. The first-order valence-electron chi connectivity index (χ1n) is 36.6. The number of halogens is 8. The monoisotopic (exact) mass is 1520 g/mol. The Balaban J connectivity index is 1.21. The molecule has 2 saturated heterocycles. The number of nitrogens with one attached hydrogen (secondary N) is 4. The van der Waals surface area contributed by atoms with E-state index in [9.17, 15) is 55.1 Å². The predicted molar refractivity (Wildman–Crippen MR) is 372 cm³/mol. The van der Waals surface area contributed by atoms with Crippen LogP contribution in [-0.2, 0) is 87.5 Å². The van der Waals surface area contributed by atoms with Crippen molar-refractivity contribution in [3.63, 3.8) is 0 Å². The molecule has 2 aromatic rings. The number of rotatable bonds is 13. The summed E-state index contributed by atoms with van der Waals surface area (Å²) in [5.74, 6) is -15.1. The number of carbonyl (C=O) groups is 12. The van der Waals surface area contributed by atoms with Crippen LogP contribution in [-0.4, -0.2) is 252 Å². The number of hydrogen-bond donors (Lipinski definition) is 4. The maximum atomic E-state index is 15.5. The van der Waals surface area contributed by atoms with Crippen molar-refractivity contribution in [1.29, 1.82) is 0 Å². The van der Waals surface area contributed by atoms with Gasteiger partial charge in [0.05, 0.1) is 31.2 Å². The number of carbonyl (C=O) groups excluding carboxylic acids is 12. The van der Waals surface area contributed by atoms with Crippen LogP contribution in [0.1, 0.15) is 146 Å². The largest absolute Gasteiger partial charge is 0.422 e. The Morgan fingerprint density at radius 1 is 0.692 bits per heavy atom. The average Bonchev–Trinajstić information content (AvgIpc) is 1.61. The molecular weight excluding hydrogens is 1420 g/mol. The van der Waals surface area contributed by atoms with Crippen LogP contribution in [0.3, 0.4) is 0 Å². The van der Waals surface area contributed by atoms with Gasteiger partial charge in [-0.2, -0.15) is 26.3 Å². The summed E-state index contributed by atoms with van der Waals surface area (Å²) in [6.07, 6.45) is -5.83. The Bertz CT molecular complexity index is 3640. The van der Waals surface area contributed by atoms with Gasteiger partial charge in [0.2, 0.25) is 70.9 Å². The lowest BCUT2D eigenvalue weighted by Crippen LogP contribution is -2.68. The van der Waals surface area contributed by atoms with Gasteiger partial charge >= 0.3 is 12.4 Å². The molecule has 10 atom stereocenters. The highest BCUT2D eigenvalue weighted by atomic mass is 19.4. The van der Waals surface area contributed by atoms with Crippen molar-refractivity contribution < 1.29 is 97.4 Å². The number of benzene rings is 2. The summed E-state index contributed by atoms with van der Waals surface area (Å²) >= 11 is 0. The summed E-state index contributed by atoms with van der Waals surface area (Å²) in [4.78, 5) is 188. The quantitative estimate of drug-likeness (QED) is 0.149. The Morgan fingerprint density at radius 2 is 1.34 bits per heavy atom. The van der Waals surface area contributed by atoms with Gasteiger partial charge in [-0.1, -0.05) is 70.2 Å². The third-order valence-corrected chi connectivity index (χ3v) is 22.0. The number of aryl methyl sites for hydroxylation is 1. The lowest BCUT2D eigenvalue weighted by Gasteiger charge is -2.46. The minimum Gasteiger partial charge on any atom is -0.377 e. The maximum absolute atomic E-state index is 15.5. The Morgan fingerprint density at radius 3 is 1.91 bits per heavy atom. The van der Waals surface area contributed by atoms with Crippen molar-refractivity contribution in [2.75, 3.05) is 82.1 Å². The van der Waals surface area contributed by atoms with E-state index in [1.54, 1.807) is 32.9 Å². The van der Waals surface area contributed by atoms with E-state index in [-0.39, 0.29) is 69.7 Å². The van der Waals surface area contributed by atoms with Crippen molar-refractivity contribution >= 4 is 70.9 Å². The Kier molecular flexibility index (Phi) is 27.8. The van der Waals surface area contributed by atoms with Gasteiger partial charge in [-0.15, -0.1) is 0 Å². The molecular formula is C74H100F8N12O13. The van der Waals surface area contributed by atoms with E-state index >= 15 is 37.5 Å². The summed E-state index contributed by atoms with van der Waals surface area (Å²) in [5.41, 5.74) is -5.24. The molecule has 590 valence electrons. The van der Waals surface area contributed by atoms with Crippen LogP contribution in [0.15, 0.2) is 48.6 Å². The van der Waals surface area contributed by atoms with E-state index in [1.165, 1.54) is 57.0 Å². The van der Waals surface area contributed by atoms with Crippen LogP contribution in [0.25, 0.3) is 0 Å². The average molecular weight is 1520 g/mol. The molecule has 3 saturated carbocycles. The van der Waals surface area contributed by atoms with E-state index < -0.39 is 222 Å². The van der Waals surface area contributed by atoms with E-state index in [4.69, 9.17) is 4.74 Å². The molecule has 4 N–H and O–H groups in total. The van der Waals surface area contributed by atoms with Crippen molar-refractivity contribution in [3.8, 4) is 0 Å². The van der Waals surface area contributed by atoms with Crippen molar-refractivity contribution in [2.24, 2.45) is 17.8 Å². The zero-order valence-electron chi connectivity index (χ0n) is 62.2. The summed E-state index contributed by atoms with van der Waals surface area (Å²) in [7, 11) is 9.39. The Hall–Kier alpha value is -8.78. The van der Waals surface area contributed by atoms with Crippen LogP contribution in [0.5, 0.6) is 0 Å². The van der Waals surface area contributed by atoms with E-state index in [2.05, 4.69) is 21.3 Å². The second-order valence-corrected chi connectivity index (χ2v) is 29.6. The molecule has 6 aliphatic rings. The minimum absolute atomic E-state index is 0.00547. The molecule has 2 bridgehead atoms. The molecule has 0 aromatic heterocycles. The van der Waals surface area contributed by atoms with Gasteiger partial charge in [0.1, 0.15) is 71.1 Å². The van der Waals surface area contributed by atoms with Crippen molar-refractivity contribution in [3.05, 3.63) is 82.4 Å². The molecule has 2 aromatic carbocycles. The van der Waals surface area contributed by atoms with Gasteiger partial charge in [0, 0.05) is 81.9 Å². The first-order chi connectivity index (χ1) is 50.3. The van der Waals surface area contributed by atoms with Gasteiger partial charge < -0.3 is 65.2 Å². The number of ether oxygens (including phenoxy) is 1. The van der Waals surface area contributed by atoms with Gasteiger partial charge in [-0.3, -0.25) is 57.5 Å². The van der Waals surface area contributed by atoms with E-state index in [1.807, 2.05) is 0 Å². The third-order valence-electron chi connectivity index (χ3n) is 22.0. The number of nitrogens with zero attached hydrogens (tertiary/aromatic N) is 8. The highest BCUT2D eigenvalue weighted by molar-refractivity contribution is 6.01. The van der Waals surface area contributed by atoms with Crippen molar-refractivity contribution in [2.45, 2.75) is 209 Å². The molecule has 0 unspecified atom stereocenters. The zero-order valence-corrected chi connectivity index (χ0v) is 62.2. The lowest BCUT2D eigenvalue weighted by atomic mass is 9.74. The number of amides is 12. The molecule has 12 amide bonds. The minimum atomic E-state index is -5.46. The fourth-order valence-electron chi connectivity index (χ4n) is 15.0. The maximum Gasteiger partial charge on any atom is 0.422 e. The van der Waals surface area contributed by atoms with E-state index in [0.717, 1.165) is 68.7 Å². The highest BCUT2D eigenvalue weighted by Gasteiger charge is 2.54. The summed E-state index contributed by atoms with van der Waals surface area (Å²) in [5, 5.41) is 10.8. The summed E-state index contributed by atoms with van der Waals surface area (Å²) in [6.45, 7) is 2.85. The first kappa shape index (κ1) is 83.9. The number of hydrogen-bond acceptors (Lipinski definition) is 13. The highest BCUT2D eigenvalue weighted by Crippen LogP contribution is 2.40. The normalized spacial score (nSPS) is 26.8. The Labute approximate surface area is 617 Å². The topological polar surface area (TPSA) is 288 Å².